The van der Waals surface area contributed by atoms with Crippen molar-refractivity contribution in [1.82, 2.24) is 0 Å². The second-order valence-corrected chi connectivity index (χ2v) is 4.67. The zero-order chi connectivity index (χ0) is 16.0. The van der Waals surface area contributed by atoms with Crippen molar-refractivity contribution in [3.05, 3.63) is 34.2 Å². The van der Waals surface area contributed by atoms with Crippen LogP contribution in [0.2, 0.25) is 0 Å². The van der Waals surface area contributed by atoms with Gasteiger partial charge in [-0.05, 0) is 12.1 Å². The topological polar surface area (TPSA) is 76.7 Å². The molecule has 0 saturated carbocycles. The second-order valence-electron chi connectivity index (χ2n) is 3.76. The second kappa shape index (κ2) is 7.63. The Hall–Kier alpha value is -2.09. The molecule has 0 aliphatic heterocycles. The molecule has 6 nitrogen and oxygen atoms in total. The van der Waals surface area contributed by atoms with Crippen molar-refractivity contribution < 1.29 is 23.5 Å². The van der Waals surface area contributed by atoms with E-state index in [0.29, 0.717) is 10.2 Å². The van der Waals surface area contributed by atoms with Gasteiger partial charge in [0.05, 0.1) is 31.7 Å². The highest BCUT2D eigenvalue weighted by Gasteiger charge is 2.17. The fraction of sp³-hybridized carbons (Fsp3) is 0.231. The van der Waals surface area contributed by atoms with E-state index in [4.69, 9.17) is 0 Å². The Balaban J connectivity index is 3.24. The number of rotatable bonds is 5. The Morgan fingerprint density at radius 1 is 1.29 bits per heavy atom. The number of nitrogens with one attached hydrogen (secondary N) is 2. The molecule has 21 heavy (non-hydrogen) atoms. The minimum absolute atomic E-state index is 0.00116. The predicted octanol–water partition coefficient (Wildman–Crippen LogP) is 2.27. The van der Waals surface area contributed by atoms with E-state index in [1.807, 2.05) is 0 Å². The molecule has 0 aromatic heterocycles. The van der Waals surface area contributed by atoms with Gasteiger partial charge in [-0.2, -0.15) is 0 Å². The first kappa shape index (κ1) is 17.0. The number of benzene rings is 1. The van der Waals surface area contributed by atoms with Crippen LogP contribution in [0, 0.1) is 5.82 Å². The third kappa shape index (κ3) is 4.45. The number of anilines is 2. The average Bonchev–Trinajstić information content (AvgIpc) is 2.47. The Kier molecular flexibility index (Phi) is 6.16. The van der Waals surface area contributed by atoms with Gasteiger partial charge in [-0.1, -0.05) is 15.9 Å². The summed E-state index contributed by atoms with van der Waals surface area (Å²) in [5.74, 6) is -2.22. The third-order valence-corrected chi connectivity index (χ3v) is 2.91. The van der Waals surface area contributed by atoms with Crippen LogP contribution in [-0.2, 0) is 19.1 Å². The van der Waals surface area contributed by atoms with Crippen molar-refractivity contribution in [3.63, 3.8) is 0 Å². The van der Waals surface area contributed by atoms with Crippen molar-refractivity contribution in [2.24, 2.45) is 0 Å². The molecule has 0 aliphatic rings. The van der Waals surface area contributed by atoms with Crippen LogP contribution in [0.3, 0.4) is 0 Å². The fourth-order valence-electron chi connectivity index (χ4n) is 1.47. The number of hydrogen-bond donors (Lipinski definition) is 2. The first-order valence-corrected chi connectivity index (χ1v) is 6.54. The van der Waals surface area contributed by atoms with E-state index < -0.39 is 17.8 Å². The molecule has 0 heterocycles. The smallest absolute Gasteiger partial charge is 0.354 e. The summed E-state index contributed by atoms with van der Waals surface area (Å²) in [4.78, 5) is 22.9. The van der Waals surface area contributed by atoms with E-state index in [-0.39, 0.29) is 11.4 Å². The number of halogens is 2. The Labute approximate surface area is 129 Å². The van der Waals surface area contributed by atoms with Crippen LogP contribution in [0.5, 0.6) is 0 Å². The van der Waals surface area contributed by atoms with Crippen LogP contribution in [0.4, 0.5) is 15.8 Å². The van der Waals surface area contributed by atoms with Gasteiger partial charge in [-0.15, -0.1) is 0 Å². The maximum absolute atomic E-state index is 14.0. The van der Waals surface area contributed by atoms with Gasteiger partial charge in [0.2, 0.25) is 0 Å². The van der Waals surface area contributed by atoms with Gasteiger partial charge in [-0.25, -0.2) is 14.0 Å². The van der Waals surface area contributed by atoms with Crippen LogP contribution < -0.4 is 10.6 Å². The van der Waals surface area contributed by atoms with E-state index in [0.717, 1.165) is 20.3 Å². The molecule has 0 saturated heterocycles. The number of carbonyl (C=O) groups is 2. The van der Waals surface area contributed by atoms with Gasteiger partial charge < -0.3 is 20.1 Å². The molecule has 114 valence electrons. The van der Waals surface area contributed by atoms with Gasteiger partial charge >= 0.3 is 11.9 Å². The van der Waals surface area contributed by atoms with Crippen LogP contribution in [0.15, 0.2) is 28.4 Å². The van der Waals surface area contributed by atoms with Crippen LogP contribution in [0.1, 0.15) is 0 Å². The molecule has 0 unspecified atom stereocenters. The SMILES string of the molecule is CNc1cc(Br)cc(F)c1N/C(=C/C(=O)OC)C(=O)OC. The number of carbonyl (C=O) groups excluding carboxylic acids is 2. The Morgan fingerprint density at radius 2 is 1.95 bits per heavy atom. The minimum atomic E-state index is -0.829. The highest BCUT2D eigenvalue weighted by molar-refractivity contribution is 9.10. The molecule has 1 rings (SSSR count). The van der Waals surface area contributed by atoms with Gasteiger partial charge in [0, 0.05) is 11.5 Å². The zero-order valence-corrected chi connectivity index (χ0v) is 13.2. The molecule has 2 N–H and O–H groups in total. The van der Waals surface area contributed by atoms with Gasteiger partial charge in [0.25, 0.3) is 0 Å². The molecule has 1 aromatic rings. The lowest BCUT2D eigenvalue weighted by Crippen LogP contribution is -2.17. The Bertz CT molecular complexity index is 590. The molecule has 0 radical (unpaired) electrons. The maximum Gasteiger partial charge on any atom is 0.354 e. The summed E-state index contributed by atoms with van der Waals surface area (Å²) >= 11 is 3.16. The summed E-state index contributed by atoms with van der Waals surface area (Å²) in [6.45, 7) is 0. The van der Waals surface area contributed by atoms with Crippen molar-refractivity contribution >= 4 is 39.2 Å². The molecule has 8 heteroatoms. The molecule has 0 aliphatic carbocycles. The largest absolute Gasteiger partial charge is 0.466 e. The lowest BCUT2D eigenvalue weighted by atomic mass is 10.2. The number of ether oxygens (including phenoxy) is 2. The molecule has 0 spiro atoms. The van der Waals surface area contributed by atoms with Crippen LogP contribution in [0.25, 0.3) is 0 Å². The first-order chi connectivity index (χ1) is 9.92. The van der Waals surface area contributed by atoms with Crippen LogP contribution in [-0.4, -0.2) is 33.2 Å². The predicted molar refractivity (Wildman–Crippen MR) is 79.4 cm³/mol. The Morgan fingerprint density at radius 3 is 2.48 bits per heavy atom. The van der Waals surface area contributed by atoms with E-state index in [9.17, 15) is 14.0 Å². The van der Waals surface area contributed by atoms with Gasteiger partial charge in [-0.3, -0.25) is 0 Å². The standard InChI is InChI=1S/C13H14BrFN2O4/c1-16-9-5-7(14)4-8(15)12(9)17-10(13(19)21-3)6-11(18)20-2/h4-6,16-17H,1-3H3/b10-6+. The summed E-state index contributed by atoms with van der Waals surface area (Å²) in [5, 5.41) is 5.32. The minimum Gasteiger partial charge on any atom is -0.466 e. The molecule has 0 amide bonds. The quantitative estimate of drug-likeness (QED) is 0.619. The van der Waals surface area contributed by atoms with Gasteiger partial charge in [0.15, 0.2) is 0 Å². The fourth-order valence-corrected chi connectivity index (χ4v) is 1.90. The monoisotopic (exact) mass is 360 g/mol. The molecule has 1 aromatic carbocycles. The normalized spacial score (nSPS) is 10.8. The van der Waals surface area contributed by atoms with Crippen molar-refractivity contribution in [2.75, 3.05) is 31.9 Å². The number of methoxy groups -OCH3 is 2. The third-order valence-electron chi connectivity index (χ3n) is 2.45. The van der Waals surface area contributed by atoms with E-state index in [2.05, 4.69) is 36.0 Å². The molecular formula is C13H14BrFN2O4. The molecule has 0 bridgehead atoms. The molecular weight excluding hydrogens is 347 g/mol. The first-order valence-electron chi connectivity index (χ1n) is 5.74. The summed E-state index contributed by atoms with van der Waals surface area (Å²) < 4.78 is 23.5. The van der Waals surface area contributed by atoms with Crippen molar-refractivity contribution in [2.45, 2.75) is 0 Å². The lowest BCUT2D eigenvalue weighted by molar-refractivity contribution is -0.138. The van der Waals surface area contributed by atoms with E-state index >= 15 is 0 Å². The average molecular weight is 361 g/mol. The zero-order valence-electron chi connectivity index (χ0n) is 11.6. The number of hydrogen-bond acceptors (Lipinski definition) is 6. The van der Waals surface area contributed by atoms with Gasteiger partial charge in [0.1, 0.15) is 11.5 Å². The number of esters is 2. The summed E-state index contributed by atoms with van der Waals surface area (Å²) in [5.41, 5.74) is 0.143. The highest BCUT2D eigenvalue weighted by Crippen LogP contribution is 2.30. The molecule has 0 atom stereocenters. The summed E-state index contributed by atoms with van der Waals surface area (Å²) in [6, 6.07) is 2.83. The van der Waals surface area contributed by atoms with Crippen molar-refractivity contribution in [1.29, 1.82) is 0 Å². The van der Waals surface area contributed by atoms with E-state index in [1.54, 1.807) is 13.1 Å². The maximum atomic E-state index is 14.0. The summed E-state index contributed by atoms with van der Waals surface area (Å²) in [6.07, 6.45) is 0.882. The highest BCUT2D eigenvalue weighted by atomic mass is 79.9. The molecule has 0 fully saturated rings. The van der Waals surface area contributed by atoms with E-state index in [1.165, 1.54) is 6.07 Å². The summed E-state index contributed by atoms with van der Waals surface area (Å²) in [7, 11) is 3.90. The van der Waals surface area contributed by atoms with Crippen LogP contribution >= 0.6 is 15.9 Å². The van der Waals surface area contributed by atoms with Crippen molar-refractivity contribution in [3.8, 4) is 0 Å². The lowest BCUT2D eigenvalue weighted by Gasteiger charge is -2.14.